The summed E-state index contributed by atoms with van der Waals surface area (Å²) in [6.45, 7) is -1.02. The van der Waals surface area contributed by atoms with Gasteiger partial charge in [0.2, 0.25) is 18.0 Å². The summed E-state index contributed by atoms with van der Waals surface area (Å²) in [4.78, 5) is 37.9. The van der Waals surface area contributed by atoms with Crippen LogP contribution in [0, 0.1) is 17.5 Å². The maximum absolute atomic E-state index is 14.4. The Hall–Kier alpha value is -3.01. The summed E-state index contributed by atoms with van der Waals surface area (Å²) in [5.41, 5.74) is -0.505. The number of alkyl halides is 3. The average molecular weight is 649 g/mol. The Morgan fingerprint density at radius 2 is 1.70 bits per heavy atom. The summed E-state index contributed by atoms with van der Waals surface area (Å²) in [5, 5.41) is 49.4. The van der Waals surface area contributed by atoms with Crippen molar-refractivity contribution in [2.45, 2.75) is 68.9 Å². The topological polar surface area (TPSA) is 199 Å². The fourth-order valence-corrected chi connectivity index (χ4v) is 4.53. The van der Waals surface area contributed by atoms with Crippen molar-refractivity contribution < 1.29 is 100 Å². The summed E-state index contributed by atoms with van der Waals surface area (Å²) < 4.78 is 91.3. The molecule has 1 aromatic heterocycles. The second kappa shape index (κ2) is 14.0. The number of aliphatic carboxylic acids is 1. The molecule has 2 aromatic rings. The molecule has 236 valence electrons. The van der Waals surface area contributed by atoms with Gasteiger partial charge in [-0.1, -0.05) is 0 Å². The zero-order valence-electron chi connectivity index (χ0n) is 22.5. The monoisotopic (exact) mass is 649 g/mol. The third-order valence-corrected chi connectivity index (χ3v) is 6.68. The van der Waals surface area contributed by atoms with Gasteiger partial charge in [-0.3, -0.25) is 4.79 Å². The molecule has 2 aliphatic heterocycles. The number of aromatic nitrogens is 3. The van der Waals surface area contributed by atoms with E-state index in [0.717, 1.165) is 9.47 Å². The number of hydrogen-bond donors (Lipinski definition) is 4. The second-order valence-electron chi connectivity index (χ2n) is 9.63. The van der Waals surface area contributed by atoms with Crippen LogP contribution < -0.4 is 40.0 Å². The van der Waals surface area contributed by atoms with Gasteiger partial charge in [-0.15, -0.1) is 10.2 Å². The molecule has 0 spiro atoms. The van der Waals surface area contributed by atoms with Gasteiger partial charge in [-0.25, -0.2) is 18.0 Å². The molecule has 6 atom stereocenters. The van der Waals surface area contributed by atoms with Crippen molar-refractivity contribution in [1.29, 1.82) is 0 Å². The van der Waals surface area contributed by atoms with E-state index in [1.54, 1.807) is 0 Å². The van der Waals surface area contributed by atoms with E-state index in [4.69, 9.17) is 9.47 Å². The quantitative estimate of drug-likeness (QED) is 0.128. The van der Waals surface area contributed by atoms with E-state index in [9.17, 15) is 61.2 Å². The van der Waals surface area contributed by atoms with E-state index in [1.165, 1.54) is 0 Å². The minimum atomic E-state index is -4.80. The van der Waals surface area contributed by atoms with Gasteiger partial charge in [-0.05, 0) is 18.1 Å². The van der Waals surface area contributed by atoms with Crippen molar-refractivity contribution >= 4 is 18.0 Å². The smallest absolute Gasteiger partial charge is 0.547 e. The number of rotatable bonds is 7. The van der Waals surface area contributed by atoms with Crippen molar-refractivity contribution in [3.8, 4) is 0 Å². The molecule has 4 N–H and O–H groups in total. The molecule has 2 aliphatic rings. The Bertz CT molecular complexity index is 1400. The minimum Gasteiger partial charge on any atom is -0.547 e. The molecule has 0 radical (unpaired) electrons. The zero-order valence-corrected chi connectivity index (χ0v) is 24.5. The largest absolute Gasteiger partial charge is 1.00 e. The molecule has 1 aromatic carbocycles. The number of amides is 2. The van der Waals surface area contributed by atoms with Crippen molar-refractivity contribution in [3.63, 3.8) is 0 Å². The molecule has 4 rings (SSSR count). The number of carbonyl (C=O) groups is 3. The SMILES string of the molecule is O=C(N[C@@H](CC(=O)N1CCn2c(nnc2C(F)(F)F)C1)Cc1cc(F)c(F)cc1F)O[C@@H]1O[C@H](C(=O)[O-])[C@@H](O)[C@H](O)[C@H]1O.[Na+]. The molecule has 1 fully saturated rings. The van der Waals surface area contributed by atoms with Crippen LogP contribution in [0.1, 0.15) is 23.6 Å². The Balaban J connectivity index is 0.00000529. The van der Waals surface area contributed by atoms with Crippen LogP contribution in [0.3, 0.4) is 0 Å². The third-order valence-electron chi connectivity index (χ3n) is 6.68. The first-order valence-corrected chi connectivity index (χ1v) is 12.3. The molecule has 44 heavy (non-hydrogen) atoms. The van der Waals surface area contributed by atoms with Gasteiger partial charge in [0.15, 0.2) is 17.5 Å². The first kappa shape index (κ1) is 35.5. The van der Waals surface area contributed by atoms with Crippen molar-refractivity contribution in [3.05, 3.63) is 46.8 Å². The van der Waals surface area contributed by atoms with Crippen molar-refractivity contribution in [2.24, 2.45) is 0 Å². The number of ether oxygens (including phenoxy) is 2. The second-order valence-corrected chi connectivity index (χ2v) is 9.63. The summed E-state index contributed by atoms with van der Waals surface area (Å²) in [6, 6.07) is -0.790. The average Bonchev–Trinajstić information content (AvgIpc) is 3.36. The molecule has 2 amide bonds. The van der Waals surface area contributed by atoms with Gasteiger partial charge in [-0.2, -0.15) is 13.2 Å². The van der Waals surface area contributed by atoms with E-state index in [2.05, 4.69) is 15.5 Å². The van der Waals surface area contributed by atoms with E-state index in [0.29, 0.717) is 6.07 Å². The van der Waals surface area contributed by atoms with Crippen LogP contribution in [0.25, 0.3) is 0 Å². The van der Waals surface area contributed by atoms with E-state index in [-0.39, 0.29) is 54.5 Å². The Morgan fingerprint density at radius 1 is 1.05 bits per heavy atom. The number of aliphatic hydroxyl groups excluding tert-OH is 3. The molecular formula is C23H22F6N5NaO9. The van der Waals surface area contributed by atoms with E-state index in [1.807, 2.05) is 0 Å². The van der Waals surface area contributed by atoms with Crippen LogP contribution in [0.5, 0.6) is 0 Å². The summed E-state index contributed by atoms with van der Waals surface area (Å²) in [7, 11) is 0. The molecule has 21 heteroatoms. The number of carboxylic acids is 1. The minimum absolute atomic E-state index is 0. The van der Waals surface area contributed by atoms with Gasteiger partial charge in [0.25, 0.3) is 0 Å². The van der Waals surface area contributed by atoms with Crippen LogP contribution in [0.2, 0.25) is 0 Å². The van der Waals surface area contributed by atoms with Gasteiger partial charge in [0.1, 0.15) is 30.2 Å². The molecule has 0 unspecified atom stereocenters. The van der Waals surface area contributed by atoms with Gasteiger partial charge in [0, 0.05) is 31.6 Å². The number of alkyl carbamates (subject to hydrolysis) is 1. The van der Waals surface area contributed by atoms with Gasteiger partial charge >= 0.3 is 41.8 Å². The summed E-state index contributed by atoms with van der Waals surface area (Å²) >= 11 is 0. The number of nitrogens with zero attached hydrogens (tertiary/aromatic N) is 4. The number of aliphatic hydroxyl groups is 3. The van der Waals surface area contributed by atoms with E-state index >= 15 is 0 Å². The van der Waals surface area contributed by atoms with Crippen LogP contribution in [-0.4, -0.2) is 96.2 Å². The molecule has 3 heterocycles. The molecular weight excluding hydrogens is 627 g/mol. The number of carbonyl (C=O) groups excluding carboxylic acids is 3. The van der Waals surface area contributed by atoms with Crippen molar-refractivity contribution in [1.82, 2.24) is 25.0 Å². The zero-order chi connectivity index (χ0) is 31.8. The first-order valence-electron chi connectivity index (χ1n) is 12.3. The van der Waals surface area contributed by atoms with Crippen molar-refractivity contribution in [2.75, 3.05) is 6.54 Å². The van der Waals surface area contributed by atoms with Crippen LogP contribution in [0.4, 0.5) is 31.1 Å². The molecule has 14 nitrogen and oxygen atoms in total. The Labute approximate surface area is 264 Å². The molecule has 1 saturated heterocycles. The third kappa shape index (κ3) is 7.79. The van der Waals surface area contributed by atoms with Crippen LogP contribution in [0.15, 0.2) is 12.1 Å². The number of fused-ring (bicyclic) bond motifs is 1. The molecule has 0 aliphatic carbocycles. The maximum Gasteiger partial charge on any atom is 1.00 e. The number of nitrogens with one attached hydrogen (secondary N) is 1. The summed E-state index contributed by atoms with van der Waals surface area (Å²) in [6.07, 6.45) is -18.6. The fourth-order valence-electron chi connectivity index (χ4n) is 4.53. The Kier molecular flexibility index (Phi) is 11.3. The summed E-state index contributed by atoms with van der Waals surface area (Å²) in [5.74, 6) is -8.53. The van der Waals surface area contributed by atoms with Crippen LogP contribution in [-0.2, 0) is 44.7 Å². The van der Waals surface area contributed by atoms with E-state index < -0.39 is 109 Å². The molecule has 0 saturated carbocycles. The fraction of sp³-hybridized carbons (Fsp3) is 0.522. The van der Waals surface area contributed by atoms with Gasteiger partial charge in [0.05, 0.1) is 12.5 Å². The number of halogens is 6. The van der Waals surface area contributed by atoms with Gasteiger partial charge < -0.3 is 49.5 Å². The maximum atomic E-state index is 14.4. The Morgan fingerprint density at radius 3 is 2.34 bits per heavy atom. The predicted octanol–water partition coefficient (Wildman–Crippen LogP) is -4.65. The number of carboxylic acid groups (broad SMARTS) is 1. The van der Waals surface area contributed by atoms with Crippen LogP contribution >= 0.6 is 0 Å². The number of hydrogen-bond acceptors (Lipinski definition) is 11. The first-order chi connectivity index (χ1) is 20.1. The predicted molar refractivity (Wildman–Crippen MR) is 120 cm³/mol. The molecule has 0 bridgehead atoms. The number of benzene rings is 1. The normalized spacial score (nSPS) is 24.1. The standard InChI is InChI=1S/C23H23F6N5O9.Na/c24-10-6-12(26)11(25)4-8(10)3-9(30-22(41)43-20-17(38)15(36)16(37)18(42-20)19(39)40)5-14(35)33-1-2-34-13(7-33)31-32-21(34)23(27,28)29;/h4,6,9,15-18,20,36-38H,1-3,5,7H2,(H,30,41)(H,39,40);/q;+1/p-1/t9-,15+,16+,17-,18+,20+;/m1./s1.